The fourth-order valence-electron chi connectivity index (χ4n) is 2.14. The number of hydrogen-bond donors (Lipinski definition) is 1. The number of anilines is 1. The lowest BCUT2D eigenvalue weighted by Crippen LogP contribution is -2.30. The van der Waals surface area contributed by atoms with Crippen LogP contribution in [0.4, 0.5) is 10.1 Å². The molecule has 2 N–H and O–H groups in total. The number of carbonyl (C=O) groups excluding carboxylic acids is 1. The summed E-state index contributed by atoms with van der Waals surface area (Å²) in [6.45, 7) is 3.91. The van der Waals surface area contributed by atoms with Crippen molar-refractivity contribution in [1.29, 1.82) is 0 Å². The van der Waals surface area contributed by atoms with Crippen molar-refractivity contribution in [2.45, 2.75) is 19.9 Å². The number of nitrogens with two attached hydrogens (primary N) is 1. The number of benzene rings is 2. The van der Waals surface area contributed by atoms with Crippen LogP contribution in [0, 0.1) is 12.7 Å². The van der Waals surface area contributed by atoms with E-state index in [4.69, 9.17) is 5.73 Å². The second-order valence-electron chi connectivity index (χ2n) is 5.24. The second-order valence-corrected chi connectivity index (χ2v) is 5.24. The Morgan fingerprint density at radius 1 is 1.19 bits per heavy atom. The summed E-state index contributed by atoms with van der Waals surface area (Å²) in [5.74, 6) is -0.940. The maximum absolute atomic E-state index is 13.8. The third kappa shape index (κ3) is 3.21. The number of hydrogen-bond acceptors (Lipinski definition) is 2. The maximum Gasteiger partial charge on any atom is 0.257 e. The molecule has 21 heavy (non-hydrogen) atoms. The van der Waals surface area contributed by atoms with Crippen molar-refractivity contribution in [2.24, 2.45) is 0 Å². The first kappa shape index (κ1) is 15.0. The lowest BCUT2D eigenvalue weighted by Gasteiger charge is -2.26. The molecule has 4 heteroatoms. The number of halogens is 1. The molecule has 110 valence electrons. The van der Waals surface area contributed by atoms with Crippen LogP contribution in [0.3, 0.4) is 0 Å². The van der Waals surface area contributed by atoms with Crippen LogP contribution in [0.15, 0.2) is 42.5 Å². The standard InChI is InChI=1S/C17H19FN2O/c1-11-4-6-13(7-5-11)12(2)20(3)17(21)15-10-14(19)8-9-16(15)18/h4-10,12H,19H2,1-3H3. The maximum atomic E-state index is 13.8. The normalized spacial score (nSPS) is 12.0. The molecule has 0 aliphatic heterocycles. The lowest BCUT2D eigenvalue weighted by molar-refractivity contribution is 0.0738. The Labute approximate surface area is 124 Å². The Hall–Kier alpha value is -2.36. The zero-order valence-corrected chi connectivity index (χ0v) is 12.4. The first-order valence-electron chi connectivity index (χ1n) is 6.79. The minimum atomic E-state index is -0.558. The monoisotopic (exact) mass is 286 g/mol. The summed E-state index contributed by atoms with van der Waals surface area (Å²) in [6, 6.07) is 11.8. The van der Waals surface area contributed by atoms with Crippen LogP contribution < -0.4 is 5.73 Å². The molecule has 0 heterocycles. The van der Waals surface area contributed by atoms with E-state index in [1.165, 1.54) is 23.1 Å². The number of aryl methyl sites for hydroxylation is 1. The highest BCUT2D eigenvalue weighted by Crippen LogP contribution is 2.22. The molecule has 0 aromatic heterocycles. The molecule has 0 aliphatic rings. The Bertz CT molecular complexity index is 652. The molecule has 0 spiro atoms. The fraction of sp³-hybridized carbons (Fsp3) is 0.235. The van der Waals surface area contributed by atoms with Gasteiger partial charge in [-0.05, 0) is 37.6 Å². The predicted octanol–water partition coefficient (Wildman–Crippen LogP) is 3.55. The second kappa shape index (κ2) is 5.95. The molecular formula is C17H19FN2O. The van der Waals surface area contributed by atoms with E-state index in [-0.39, 0.29) is 17.5 Å². The van der Waals surface area contributed by atoms with Gasteiger partial charge in [-0.2, -0.15) is 0 Å². The van der Waals surface area contributed by atoms with Crippen molar-refractivity contribution in [2.75, 3.05) is 12.8 Å². The van der Waals surface area contributed by atoms with Crippen LogP contribution in [0.25, 0.3) is 0 Å². The van der Waals surface area contributed by atoms with E-state index in [2.05, 4.69) is 0 Å². The third-order valence-corrected chi connectivity index (χ3v) is 3.68. The van der Waals surface area contributed by atoms with Crippen molar-refractivity contribution < 1.29 is 9.18 Å². The Balaban J connectivity index is 2.26. The van der Waals surface area contributed by atoms with Gasteiger partial charge in [0.15, 0.2) is 0 Å². The Morgan fingerprint density at radius 3 is 2.43 bits per heavy atom. The Kier molecular flexibility index (Phi) is 4.26. The zero-order valence-electron chi connectivity index (χ0n) is 12.4. The summed E-state index contributed by atoms with van der Waals surface area (Å²) in [5, 5.41) is 0. The van der Waals surface area contributed by atoms with Crippen LogP contribution >= 0.6 is 0 Å². The van der Waals surface area contributed by atoms with Crippen molar-refractivity contribution >= 4 is 11.6 Å². The summed E-state index contributed by atoms with van der Waals surface area (Å²) in [6.07, 6.45) is 0. The molecular weight excluding hydrogens is 267 g/mol. The summed E-state index contributed by atoms with van der Waals surface area (Å²) in [5.41, 5.74) is 8.16. The largest absolute Gasteiger partial charge is 0.399 e. The van der Waals surface area contributed by atoms with E-state index < -0.39 is 5.82 Å². The van der Waals surface area contributed by atoms with E-state index in [0.717, 1.165) is 11.1 Å². The quantitative estimate of drug-likeness (QED) is 0.877. The first-order valence-corrected chi connectivity index (χ1v) is 6.79. The number of nitrogens with zero attached hydrogens (tertiary/aromatic N) is 1. The number of nitrogen functional groups attached to an aromatic ring is 1. The first-order chi connectivity index (χ1) is 9.90. The molecule has 0 saturated carbocycles. The van der Waals surface area contributed by atoms with Crippen LogP contribution in [0.5, 0.6) is 0 Å². The van der Waals surface area contributed by atoms with Gasteiger partial charge < -0.3 is 10.6 Å². The molecule has 1 atom stereocenters. The molecule has 0 fully saturated rings. The minimum Gasteiger partial charge on any atom is -0.399 e. The van der Waals surface area contributed by atoms with E-state index >= 15 is 0 Å². The highest BCUT2D eigenvalue weighted by atomic mass is 19.1. The van der Waals surface area contributed by atoms with Gasteiger partial charge in [-0.25, -0.2) is 4.39 Å². The molecule has 3 nitrogen and oxygen atoms in total. The van der Waals surface area contributed by atoms with Crippen LogP contribution in [0.2, 0.25) is 0 Å². The SMILES string of the molecule is Cc1ccc(C(C)N(C)C(=O)c2cc(N)ccc2F)cc1. The van der Waals surface area contributed by atoms with E-state index in [1.807, 2.05) is 38.1 Å². The molecule has 0 bridgehead atoms. The summed E-state index contributed by atoms with van der Waals surface area (Å²) >= 11 is 0. The van der Waals surface area contributed by atoms with E-state index in [1.54, 1.807) is 7.05 Å². The van der Waals surface area contributed by atoms with Gasteiger partial charge in [-0.3, -0.25) is 4.79 Å². The van der Waals surface area contributed by atoms with Gasteiger partial charge in [-0.1, -0.05) is 29.8 Å². The van der Waals surface area contributed by atoms with Crippen molar-refractivity contribution in [3.05, 3.63) is 65.0 Å². The average Bonchev–Trinajstić information content (AvgIpc) is 2.48. The van der Waals surface area contributed by atoms with E-state index in [0.29, 0.717) is 5.69 Å². The zero-order chi connectivity index (χ0) is 15.6. The molecule has 0 radical (unpaired) electrons. The van der Waals surface area contributed by atoms with Crippen LogP contribution in [0.1, 0.15) is 34.5 Å². The van der Waals surface area contributed by atoms with Crippen LogP contribution in [-0.2, 0) is 0 Å². The summed E-state index contributed by atoms with van der Waals surface area (Å²) < 4.78 is 13.8. The molecule has 2 aromatic rings. The molecule has 0 aliphatic carbocycles. The molecule has 2 aromatic carbocycles. The third-order valence-electron chi connectivity index (χ3n) is 3.68. The number of amides is 1. The number of carbonyl (C=O) groups is 1. The van der Waals surface area contributed by atoms with Gasteiger partial charge in [0.2, 0.25) is 0 Å². The molecule has 0 saturated heterocycles. The van der Waals surface area contributed by atoms with E-state index in [9.17, 15) is 9.18 Å². The van der Waals surface area contributed by atoms with Gasteiger partial charge in [0, 0.05) is 12.7 Å². The predicted molar refractivity (Wildman–Crippen MR) is 82.5 cm³/mol. The summed E-state index contributed by atoms with van der Waals surface area (Å²) in [4.78, 5) is 13.9. The average molecular weight is 286 g/mol. The van der Waals surface area contributed by atoms with Gasteiger partial charge in [0.1, 0.15) is 5.82 Å². The van der Waals surface area contributed by atoms with Crippen LogP contribution in [-0.4, -0.2) is 17.9 Å². The van der Waals surface area contributed by atoms with Crippen molar-refractivity contribution in [3.8, 4) is 0 Å². The summed E-state index contributed by atoms with van der Waals surface area (Å²) in [7, 11) is 1.66. The molecule has 2 rings (SSSR count). The van der Waals surface area contributed by atoms with Crippen molar-refractivity contribution in [1.82, 2.24) is 4.90 Å². The van der Waals surface area contributed by atoms with Crippen molar-refractivity contribution in [3.63, 3.8) is 0 Å². The minimum absolute atomic E-state index is 0.00328. The fourth-order valence-corrected chi connectivity index (χ4v) is 2.14. The molecule has 1 amide bonds. The van der Waals surface area contributed by atoms with Gasteiger partial charge >= 0.3 is 0 Å². The number of rotatable bonds is 3. The molecule has 1 unspecified atom stereocenters. The van der Waals surface area contributed by atoms with Gasteiger partial charge in [0.25, 0.3) is 5.91 Å². The van der Waals surface area contributed by atoms with Gasteiger partial charge in [0.05, 0.1) is 11.6 Å². The smallest absolute Gasteiger partial charge is 0.257 e. The topological polar surface area (TPSA) is 46.3 Å². The van der Waals surface area contributed by atoms with Gasteiger partial charge in [-0.15, -0.1) is 0 Å². The Morgan fingerprint density at radius 2 is 1.81 bits per heavy atom. The highest BCUT2D eigenvalue weighted by Gasteiger charge is 2.21. The highest BCUT2D eigenvalue weighted by molar-refractivity contribution is 5.95. The lowest BCUT2D eigenvalue weighted by atomic mass is 10.0.